The van der Waals surface area contributed by atoms with Gasteiger partial charge < -0.3 is 10.0 Å². The Balaban J connectivity index is 1.99. The first-order chi connectivity index (χ1) is 13.8. The lowest BCUT2D eigenvalue weighted by Gasteiger charge is -2.23. The Labute approximate surface area is 168 Å². The van der Waals surface area contributed by atoms with Gasteiger partial charge in [-0.15, -0.1) is 0 Å². The molecule has 3 rings (SSSR count). The molecule has 6 nitrogen and oxygen atoms in total. The Morgan fingerprint density at radius 2 is 1.76 bits per heavy atom. The molecule has 150 valence electrons. The molecule has 2 N–H and O–H groups in total. The third kappa shape index (κ3) is 4.91. The molecule has 0 spiro atoms. The molecule has 8 heteroatoms. The highest BCUT2D eigenvalue weighted by Crippen LogP contribution is 2.30. The van der Waals surface area contributed by atoms with Gasteiger partial charge in [-0.05, 0) is 42.0 Å². The van der Waals surface area contributed by atoms with Crippen LogP contribution >= 0.6 is 0 Å². The summed E-state index contributed by atoms with van der Waals surface area (Å²) in [6.45, 7) is 0.474. The Hall–Kier alpha value is -3.39. The van der Waals surface area contributed by atoms with E-state index in [4.69, 9.17) is 0 Å². The first-order valence-corrected chi connectivity index (χ1v) is 10.2. The van der Waals surface area contributed by atoms with Crippen molar-refractivity contribution in [2.24, 2.45) is 0 Å². The van der Waals surface area contributed by atoms with Crippen molar-refractivity contribution in [1.29, 1.82) is 0 Å². The third-order valence-corrected chi connectivity index (χ3v) is 5.63. The van der Waals surface area contributed by atoms with Crippen LogP contribution in [0, 0.1) is 5.82 Å². The summed E-state index contributed by atoms with van der Waals surface area (Å²) < 4.78 is 41.3. The summed E-state index contributed by atoms with van der Waals surface area (Å²) in [6.07, 6.45) is 0. The van der Waals surface area contributed by atoms with Crippen molar-refractivity contribution in [2.75, 3.05) is 16.7 Å². The van der Waals surface area contributed by atoms with Crippen LogP contribution in [-0.4, -0.2) is 26.5 Å². The molecule has 0 saturated heterocycles. The number of halogens is 1. The molecule has 0 fully saturated rings. The maximum Gasteiger partial charge on any atom is 0.335 e. The molecule has 3 aromatic carbocycles. The van der Waals surface area contributed by atoms with Gasteiger partial charge in [-0.1, -0.05) is 36.4 Å². The molecular weight excluding hydrogens is 395 g/mol. The quantitative estimate of drug-likeness (QED) is 0.611. The van der Waals surface area contributed by atoms with E-state index < -0.39 is 21.8 Å². The lowest BCUT2D eigenvalue weighted by Crippen LogP contribution is -2.21. The van der Waals surface area contributed by atoms with Gasteiger partial charge in [0.1, 0.15) is 5.82 Å². The van der Waals surface area contributed by atoms with Crippen LogP contribution in [0.5, 0.6) is 0 Å². The Morgan fingerprint density at radius 3 is 2.41 bits per heavy atom. The summed E-state index contributed by atoms with van der Waals surface area (Å²) in [5.41, 5.74) is 1.50. The summed E-state index contributed by atoms with van der Waals surface area (Å²) in [6, 6.07) is 18.3. The van der Waals surface area contributed by atoms with E-state index in [0.29, 0.717) is 12.2 Å². The van der Waals surface area contributed by atoms with Gasteiger partial charge in [-0.2, -0.15) is 0 Å². The molecule has 0 aliphatic heterocycles. The smallest absolute Gasteiger partial charge is 0.335 e. The van der Waals surface area contributed by atoms with E-state index in [2.05, 4.69) is 4.72 Å². The van der Waals surface area contributed by atoms with Crippen molar-refractivity contribution >= 4 is 27.4 Å². The first-order valence-electron chi connectivity index (χ1n) is 8.67. The molecule has 0 aliphatic carbocycles. The minimum absolute atomic E-state index is 0.0706. The van der Waals surface area contributed by atoms with Gasteiger partial charge in [0.25, 0.3) is 10.0 Å². The second-order valence-electron chi connectivity index (χ2n) is 6.44. The van der Waals surface area contributed by atoms with Gasteiger partial charge in [-0.25, -0.2) is 17.6 Å². The number of nitrogens with zero attached hydrogens (tertiary/aromatic N) is 1. The number of hydrogen-bond acceptors (Lipinski definition) is 4. The number of carboxylic acid groups (broad SMARTS) is 1. The second kappa shape index (κ2) is 8.32. The van der Waals surface area contributed by atoms with Crippen molar-refractivity contribution in [3.63, 3.8) is 0 Å². The zero-order chi connectivity index (χ0) is 21.0. The molecule has 0 saturated carbocycles. The van der Waals surface area contributed by atoms with Crippen molar-refractivity contribution in [3.8, 4) is 0 Å². The molecule has 0 bridgehead atoms. The van der Waals surface area contributed by atoms with Crippen molar-refractivity contribution in [3.05, 3.63) is 89.7 Å². The van der Waals surface area contributed by atoms with Gasteiger partial charge in [0.2, 0.25) is 0 Å². The highest BCUT2D eigenvalue weighted by Gasteiger charge is 2.20. The van der Waals surface area contributed by atoms with Crippen molar-refractivity contribution < 1.29 is 22.7 Å². The Kier molecular flexibility index (Phi) is 5.84. The summed E-state index contributed by atoms with van der Waals surface area (Å²) in [5.74, 6) is -1.87. The molecular formula is C21H19FN2O4S. The van der Waals surface area contributed by atoms with Gasteiger partial charge in [0, 0.05) is 13.6 Å². The molecule has 0 amide bonds. The van der Waals surface area contributed by atoms with E-state index in [1.807, 2.05) is 30.3 Å². The van der Waals surface area contributed by atoms with Crippen LogP contribution < -0.4 is 9.62 Å². The molecule has 29 heavy (non-hydrogen) atoms. The molecule has 0 heterocycles. The van der Waals surface area contributed by atoms with Crippen molar-refractivity contribution in [1.82, 2.24) is 0 Å². The number of hydrogen-bond donors (Lipinski definition) is 2. The van der Waals surface area contributed by atoms with Gasteiger partial charge in [-0.3, -0.25) is 4.72 Å². The number of aromatic carboxylic acids is 1. The van der Waals surface area contributed by atoms with E-state index in [1.54, 1.807) is 11.9 Å². The van der Waals surface area contributed by atoms with Crippen LogP contribution in [0.2, 0.25) is 0 Å². The fourth-order valence-corrected chi connectivity index (χ4v) is 3.96. The van der Waals surface area contributed by atoms with E-state index in [1.165, 1.54) is 30.3 Å². The van der Waals surface area contributed by atoms with Crippen LogP contribution in [0.4, 0.5) is 15.8 Å². The average Bonchev–Trinajstić information content (AvgIpc) is 2.68. The van der Waals surface area contributed by atoms with Crippen LogP contribution in [0.15, 0.2) is 77.7 Å². The fraction of sp³-hybridized carbons (Fsp3) is 0.0952. The number of carboxylic acids is 1. The molecule has 0 aliphatic rings. The Morgan fingerprint density at radius 1 is 1.03 bits per heavy atom. The van der Waals surface area contributed by atoms with Crippen molar-refractivity contribution in [2.45, 2.75) is 11.4 Å². The van der Waals surface area contributed by atoms with Crippen LogP contribution in [0.25, 0.3) is 0 Å². The van der Waals surface area contributed by atoms with Crippen LogP contribution in [0.3, 0.4) is 0 Å². The Bertz CT molecular complexity index is 1130. The zero-order valence-electron chi connectivity index (χ0n) is 15.5. The fourth-order valence-electron chi connectivity index (χ4n) is 2.86. The van der Waals surface area contributed by atoms with Gasteiger partial charge in [0.15, 0.2) is 0 Å². The third-order valence-electron chi connectivity index (χ3n) is 4.27. The highest BCUT2D eigenvalue weighted by molar-refractivity contribution is 7.92. The summed E-state index contributed by atoms with van der Waals surface area (Å²) >= 11 is 0. The SMILES string of the molecule is CN(Cc1ccccc1)c1ccc(C(=O)O)cc1NS(=O)(=O)c1cccc(F)c1. The number of nitrogens with one attached hydrogen (secondary N) is 1. The maximum atomic E-state index is 13.5. The topological polar surface area (TPSA) is 86.7 Å². The summed E-state index contributed by atoms with van der Waals surface area (Å²) in [4.78, 5) is 12.9. The number of benzene rings is 3. The van der Waals surface area contributed by atoms with Crippen LogP contribution in [-0.2, 0) is 16.6 Å². The predicted octanol–water partition coefficient (Wildman–Crippen LogP) is 3.96. The average molecular weight is 414 g/mol. The van der Waals surface area contributed by atoms with E-state index in [0.717, 1.165) is 17.7 Å². The van der Waals surface area contributed by atoms with Crippen LogP contribution in [0.1, 0.15) is 15.9 Å². The minimum Gasteiger partial charge on any atom is -0.478 e. The monoisotopic (exact) mass is 414 g/mol. The lowest BCUT2D eigenvalue weighted by molar-refractivity contribution is 0.0697. The van der Waals surface area contributed by atoms with Gasteiger partial charge >= 0.3 is 5.97 Å². The molecule has 0 aromatic heterocycles. The summed E-state index contributed by atoms with van der Waals surface area (Å²) in [5, 5.41) is 9.29. The molecule has 0 unspecified atom stereocenters. The lowest BCUT2D eigenvalue weighted by atomic mass is 10.1. The number of sulfonamides is 1. The number of anilines is 2. The zero-order valence-corrected chi connectivity index (χ0v) is 16.4. The number of carbonyl (C=O) groups is 1. The molecule has 0 atom stereocenters. The first kappa shape index (κ1) is 20.3. The van der Waals surface area contributed by atoms with Gasteiger partial charge in [0.05, 0.1) is 21.8 Å². The standard InChI is InChI=1S/C21H19FN2O4S/c1-24(14-15-6-3-2-4-7-15)20-11-10-16(21(25)26)12-19(20)23-29(27,28)18-9-5-8-17(22)13-18/h2-13,23H,14H2,1H3,(H,25,26). The molecule has 3 aromatic rings. The minimum atomic E-state index is -4.12. The molecule has 0 radical (unpaired) electrons. The van der Waals surface area contributed by atoms with E-state index >= 15 is 0 Å². The predicted molar refractivity (Wildman–Crippen MR) is 109 cm³/mol. The largest absolute Gasteiger partial charge is 0.478 e. The summed E-state index contributed by atoms with van der Waals surface area (Å²) in [7, 11) is -2.35. The maximum absolute atomic E-state index is 13.5. The van der Waals surface area contributed by atoms with E-state index in [-0.39, 0.29) is 16.1 Å². The highest BCUT2D eigenvalue weighted by atomic mass is 32.2. The van der Waals surface area contributed by atoms with E-state index in [9.17, 15) is 22.7 Å². The second-order valence-corrected chi connectivity index (χ2v) is 8.12. The normalized spacial score (nSPS) is 11.1. The number of rotatable bonds is 7.